The Balaban J connectivity index is 1.48. The van der Waals surface area contributed by atoms with Gasteiger partial charge in [0.2, 0.25) is 0 Å². The van der Waals surface area contributed by atoms with Gasteiger partial charge in [-0.25, -0.2) is 8.42 Å². The van der Waals surface area contributed by atoms with Gasteiger partial charge in [0.1, 0.15) is 5.75 Å². The van der Waals surface area contributed by atoms with Crippen molar-refractivity contribution in [2.24, 2.45) is 0 Å². The van der Waals surface area contributed by atoms with Crippen LogP contribution in [0, 0.1) is 6.92 Å². The van der Waals surface area contributed by atoms with E-state index in [0.29, 0.717) is 17.0 Å². The fourth-order valence-electron chi connectivity index (χ4n) is 3.69. The number of anilines is 2. The van der Waals surface area contributed by atoms with Crippen molar-refractivity contribution in [3.8, 4) is 17.0 Å². The Kier molecular flexibility index (Phi) is 6.73. The average Bonchev–Trinajstić information content (AvgIpc) is 2.81. The highest BCUT2D eigenvalue weighted by molar-refractivity contribution is 7.92. The summed E-state index contributed by atoms with van der Waals surface area (Å²) in [5.41, 5.74) is 2.54. The second-order valence-electron chi connectivity index (χ2n) is 8.00. The van der Waals surface area contributed by atoms with Crippen molar-refractivity contribution in [1.29, 1.82) is 0 Å². The number of ether oxygens (including phenoxy) is 1. The Morgan fingerprint density at radius 2 is 1.70 bits per heavy atom. The highest BCUT2D eigenvalue weighted by Gasteiger charge is 2.20. The molecule has 1 aliphatic rings. The quantitative estimate of drug-likeness (QED) is 0.567. The first-order chi connectivity index (χ1) is 15.8. The molecular formula is C23H26ClN5O3S. The van der Waals surface area contributed by atoms with E-state index >= 15 is 0 Å². The van der Waals surface area contributed by atoms with Gasteiger partial charge in [-0.2, -0.15) is 0 Å². The minimum Gasteiger partial charge on any atom is -0.495 e. The standard InChI is InChI=1S/C23H26ClN5O3S/c1-16-14-21(32-3)19(24)15-22(16)33(30,31)27-18-6-4-17(5-7-18)20-8-9-23(26-25-20)29-12-10-28(2)11-13-29/h4-9,14-15,27H,10-13H2,1-3H3. The van der Waals surface area contributed by atoms with Crippen LogP contribution in [0.25, 0.3) is 11.3 Å². The predicted octanol–water partition coefficient (Wildman–Crippen LogP) is 3.67. The molecule has 4 rings (SSSR count). The average molecular weight is 488 g/mol. The van der Waals surface area contributed by atoms with Crippen LogP contribution in [-0.4, -0.2) is 63.9 Å². The Morgan fingerprint density at radius 3 is 2.30 bits per heavy atom. The van der Waals surface area contributed by atoms with Gasteiger partial charge in [0.15, 0.2) is 5.82 Å². The number of nitrogens with zero attached hydrogens (tertiary/aromatic N) is 4. The number of rotatable bonds is 6. The monoisotopic (exact) mass is 487 g/mol. The molecule has 8 nitrogen and oxygen atoms in total. The summed E-state index contributed by atoms with van der Waals surface area (Å²) >= 11 is 6.13. The van der Waals surface area contributed by atoms with E-state index in [-0.39, 0.29) is 9.92 Å². The van der Waals surface area contributed by atoms with Crippen LogP contribution < -0.4 is 14.4 Å². The number of piperazine rings is 1. The van der Waals surface area contributed by atoms with Crippen LogP contribution in [-0.2, 0) is 10.0 Å². The van der Waals surface area contributed by atoms with Crippen molar-refractivity contribution in [3.05, 3.63) is 59.1 Å². The molecule has 0 aliphatic carbocycles. The lowest BCUT2D eigenvalue weighted by molar-refractivity contribution is 0.312. The van der Waals surface area contributed by atoms with Crippen LogP contribution in [0.5, 0.6) is 5.75 Å². The largest absolute Gasteiger partial charge is 0.495 e. The lowest BCUT2D eigenvalue weighted by Crippen LogP contribution is -2.44. The van der Waals surface area contributed by atoms with E-state index in [1.165, 1.54) is 13.2 Å². The minimum absolute atomic E-state index is 0.0998. The second-order valence-corrected chi connectivity index (χ2v) is 10.1. The summed E-state index contributed by atoms with van der Waals surface area (Å²) < 4.78 is 33.5. The molecule has 174 valence electrons. The molecular weight excluding hydrogens is 462 g/mol. The number of hydrogen-bond acceptors (Lipinski definition) is 7. The third kappa shape index (κ3) is 5.21. The van der Waals surface area contributed by atoms with Crippen LogP contribution in [0.1, 0.15) is 5.56 Å². The van der Waals surface area contributed by atoms with Crippen molar-refractivity contribution < 1.29 is 13.2 Å². The zero-order valence-electron chi connectivity index (χ0n) is 18.7. The smallest absolute Gasteiger partial charge is 0.262 e. The summed E-state index contributed by atoms with van der Waals surface area (Å²) in [5, 5.41) is 8.98. The topological polar surface area (TPSA) is 87.7 Å². The van der Waals surface area contributed by atoms with Crippen LogP contribution in [0.15, 0.2) is 53.4 Å². The molecule has 33 heavy (non-hydrogen) atoms. The predicted molar refractivity (Wildman–Crippen MR) is 131 cm³/mol. The number of benzene rings is 2. The van der Waals surface area contributed by atoms with E-state index in [1.807, 2.05) is 24.3 Å². The molecule has 0 bridgehead atoms. The van der Waals surface area contributed by atoms with Gasteiger partial charge in [-0.15, -0.1) is 10.2 Å². The maximum absolute atomic E-state index is 12.9. The summed E-state index contributed by atoms with van der Waals surface area (Å²) in [6.07, 6.45) is 0. The number of aryl methyl sites for hydroxylation is 1. The first-order valence-electron chi connectivity index (χ1n) is 10.5. The van der Waals surface area contributed by atoms with Crippen molar-refractivity contribution in [2.45, 2.75) is 11.8 Å². The van der Waals surface area contributed by atoms with E-state index in [0.717, 1.165) is 43.3 Å². The van der Waals surface area contributed by atoms with Gasteiger partial charge in [-0.3, -0.25) is 4.72 Å². The molecule has 2 aromatic carbocycles. The molecule has 0 radical (unpaired) electrons. The van der Waals surface area contributed by atoms with Gasteiger partial charge in [0.05, 0.1) is 22.7 Å². The lowest BCUT2D eigenvalue weighted by atomic mass is 10.1. The van der Waals surface area contributed by atoms with Gasteiger partial charge in [-0.05, 0) is 55.9 Å². The van der Waals surface area contributed by atoms with E-state index in [9.17, 15) is 8.42 Å². The molecule has 2 heterocycles. The number of likely N-dealkylation sites (N-methyl/N-ethyl adjacent to an activating group) is 1. The molecule has 0 atom stereocenters. The maximum atomic E-state index is 12.9. The SMILES string of the molecule is COc1cc(C)c(S(=O)(=O)Nc2ccc(-c3ccc(N4CCN(C)CC4)nn3)cc2)cc1Cl. The van der Waals surface area contributed by atoms with Crippen molar-refractivity contribution >= 4 is 33.1 Å². The van der Waals surface area contributed by atoms with E-state index in [2.05, 4.69) is 31.8 Å². The van der Waals surface area contributed by atoms with Crippen LogP contribution >= 0.6 is 11.6 Å². The van der Waals surface area contributed by atoms with Crippen molar-refractivity contribution in [3.63, 3.8) is 0 Å². The summed E-state index contributed by atoms with van der Waals surface area (Å²) in [5.74, 6) is 1.29. The van der Waals surface area contributed by atoms with Gasteiger partial charge in [0, 0.05) is 37.4 Å². The fourth-order valence-corrected chi connectivity index (χ4v) is 5.30. The summed E-state index contributed by atoms with van der Waals surface area (Å²) in [6.45, 7) is 5.56. The third-order valence-electron chi connectivity index (χ3n) is 5.65. The highest BCUT2D eigenvalue weighted by Crippen LogP contribution is 2.31. The van der Waals surface area contributed by atoms with Crippen LogP contribution in [0.3, 0.4) is 0 Å². The Labute approximate surface area is 199 Å². The normalized spacial score (nSPS) is 14.8. The Hall–Kier alpha value is -2.88. The first kappa shape index (κ1) is 23.3. The number of methoxy groups -OCH3 is 1. The van der Waals surface area contributed by atoms with Crippen LogP contribution in [0.2, 0.25) is 5.02 Å². The number of nitrogens with one attached hydrogen (secondary N) is 1. The van der Waals surface area contributed by atoms with Crippen molar-refractivity contribution in [1.82, 2.24) is 15.1 Å². The molecule has 0 saturated carbocycles. The molecule has 10 heteroatoms. The molecule has 3 aromatic rings. The molecule has 0 spiro atoms. The fraction of sp³-hybridized carbons (Fsp3) is 0.304. The number of halogens is 1. The van der Waals surface area contributed by atoms with Gasteiger partial charge < -0.3 is 14.5 Å². The lowest BCUT2D eigenvalue weighted by Gasteiger charge is -2.32. The van der Waals surface area contributed by atoms with Gasteiger partial charge in [-0.1, -0.05) is 23.7 Å². The zero-order chi connectivity index (χ0) is 23.6. The van der Waals surface area contributed by atoms with E-state index in [4.69, 9.17) is 16.3 Å². The zero-order valence-corrected chi connectivity index (χ0v) is 20.3. The molecule has 0 amide bonds. The summed E-state index contributed by atoms with van der Waals surface area (Å²) in [7, 11) is -0.219. The van der Waals surface area contributed by atoms with E-state index in [1.54, 1.807) is 25.1 Å². The molecule has 1 aromatic heterocycles. The van der Waals surface area contributed by atoms with E-state index < -0.39 is 10.0 Å². The third-order valence-corrected chi connectivity index (χ3v) is 7.47. The molecule has 1 saturated heterocycles. The summed E-state index contributed by atoms with van der Waals surface area (Å²) in [6, 6.07) is 13.9. The summed E-state index contributed by atoms with van der Waals surface area (Å²) in [4.78, 5) is 4.61. The number of sulfonamides is 1. The molecule has 0 unspecified atom stereocenters. The molecule has 1 fully saturated rings. The van der Waals surface area contributed by atoms with Gasteiger partial charge in [0.25, 0.3) is 10.0 Å². The molecule has 1 aliphatic heterocycles. The minimum atomic E-state index is -3.82. The maximum Gasteiger partial charge on any atom is 0.262 e. The van der Waals surface area contributed by atoms with Gasteiger partial charge >= 0.3 is 0 Å². The highest BCUT2D eigenvalue weighted by atomic mass is 35.5. The first-order valence-corrected chi connectivity index (χ1v) is 12.4. The number of hydrogen-bond donors (Lipinski definition) is 1. The Morgan fingerprint density at radius 1 is 1.00 bits per heavy atom. The Bertz CT molecular complexity index is 1230. The molecule has 1 N–H and O–H groups in total. The van der Waals surface area contributed by atoms with Crippen molar-refractivity contribution in [2.75, 3.05) is 50.0 Å². The number of aromatic nitrogens is 2. The second kappa shape index (κ2) is 9.54. The van der Waals surface area contributed by atoms with Crippen LogP contribution in [0.4, 0.5) is 11.5 Å².